The Morgan fingerprint density at radius 2 is 1.94 bits per heavy atom. The predicted octanol–water partition coefficient (Wildman–Crippen LogP) is -0.482. The number of carbonyl (C=O) groups excluding carboxylic acids is 3. The number of nitriles is 1. The molecule has 11 heteroatoms. The molecule has 1 unspecified atom stereocenters. The standard InChI is InChI=1S/C20H26N6O3.CH2O2/c21-10-13-9-16(23-11-13)18(27)24-15-3-1-14(2-4-15)20(29)26-8-7-25-6-5-22-19(28)17(25)12-26;2-1-3/h9,11,14-15,17,23H,1-8,12H2,(H,22,28)(H,24,27);1H,(H,2,3). The number of carbonyl (C=O) groups is 4. The van der Waals surface area contributed by atoms with E-state index in [1.165, 1.54) is 12.3 Å². The smallest absolute Gasteiger partial charge is 0.290 e. The van der Waals surface area contributed by atoms with Crippen LogP contribution in [0.1, 0.15) is 41.7 Å². The summed E-state index contributed by atoms with van der Waals surface area (Å²) in [4.78, 5) is 52.6. The lowest BCUT2D eigenvalue weighted by Crippen LogP contribution is -2.65. The van der Waals surface area contributed by atoms with Crippen molar-refractivity contribution in [2.75, 3.05) is 32.7 Å². The Balaban J connectivity index is 0.000000913. The molecule has 3 fully saturated rings. The lowest BCUT2D eigenvalue weighted by Gasteiger charge is -2.44. The zero-order valence-corrected chi connectivity index (χ0v) is 17.7. The summed E-state index contributed by atoms with van der Waals surface area (Å²) >= 11 is 0. The molecule has 172 valence electrons. The molecule has 3 amide bonds. The van der Waals surface area contributed by atoms with E-state index < -0.39 is 0 Å². The van der Waals surface area contributed by atoms with Crippen LogP contribution >= 0.6 is 0 Å². The highest BCUT2D eigenvalue weighted by Gasteiger charge is 2.38. The summed E-state index contributed by atoms with van der Waals surface area (Å²) < 4.78 is 0. The van der Waals surface area contributed by atoms with Crippen LogP contribution in [0.3, 0.4) is 0 Å². The Hall–Kier alpha value is -3.39. The number of nitrogens with zero attached hydrogens (tertiary/aromatic N) is 3. The van der Waals surface area contributed by atoms with Gasteiger partial charge in [0.25, 0.3) is 12.4 Å². The first-order valence-corrected chi connectivity index (χ1v) is 10.7. The zero-order valence-electron chi connectivity index (χ0n) is 17.7. The van der Waals surface area contributed by atoms with Gasteiger partial charge in [-0.2, -0.15) is 5.26 Å². The normalized spacial score (nSPS) is 25.3. The number of aromatic amines is 1. The largest absolute Gasteiger partial charge is 0.483 e. The maximum absolute atomic E-state index is 13.0. The van der Waals surface area contributed by atoms with Crippen molar-refractivity contribution in [3.63, 3.8) is 0 Å². The molecular formula is C21H28N6O5. The Bertz CT molecular complexity index is 885. The number of carboxylic acid groups (broad SMARTS) is 1. The van der Waals surface area contributed by atoms with Gasteiger partial charge < -0.3 is 25.6 Å². The zero-order chi connectivity index (χ0) is 23.1. The van der Waals surface area contributed by atoms with E-state index in [1.54, 1.807) is 0 Å². The van der Waals surface area contributed by atoms with E-state index in [2.05, 4.69) is 20.5 Å². The Kier molecular flexibility index (Phi) is 7.83. The van der Waals surface area contributed by atoms with Crippen LogP contribution in [0, 0.1) is 17.2 Å². The number of H-pyrrole nitrogens is 1. The van der Waals surface area contributed by atoms with Gasteiger partial charge in [-0.25, -0.2) is 0 Å². The second kappa shape index (κ2) is 10.8. The average molecular weight is 444 g/mol. The summed E-state index contributed by atoms with van der Waals surface area (Å²) in [5.41, 5.74) is 0.805. The van der Waals surface area contributed by atoms with Crippen molar-refractivity contribution < 1.29 is 24.3 Å². The van der Waals surface area contributed by atoms with Crippen LogP contribution in [0.4, 0.5) is 0 Å². The second-order valence-corrected chi connectivity index (χ2v) is 8.17. The van der Waals surface area contributed by atoms with Gasteiger partial charge in [0.05, 0.1) is 5.56 Å². The summed E-state index contributed by atoms with van der Waals surface area (Å²) in [5, 5.41) is 21.6. The molecule has 1 aromatic heterocycles. The molecule has 1 aromatic rings. The van der Waals surface area contributed by atoms with E-state index in [-0.39, 0.29) is 42.2 Å². The van der Waals surface area contributed by atoms with Crippen molar-refractivity contribution in [2.45, 2.75) is 37.8 Å². The van der Waals surface area contributed by atoms with Crippen molar-refractivity contribution in [3.05, 3.63) is 23.5 Å². The molecular weight excluding hydrogens is 416 g/mol. The molecule has 2 aliphatic heterocycles. The van der Waals surface area contributed by atoms with Gasteiger partial charge in [0.2, 0.25) is 11.8 Å². The van der Waals surface area contributed by atoms with E-state index in [1.807, 2.05) is 11.0 Å². The number of rotatable bonds is 3. The Morgan fingerprint density at radius 1 is 1.22 bits per heavy atom. The first-order chi connectivity index (χ1) is 15.5. The molecule has 0 spiro atoms. The maximum atomic E-state index is 13.0. The summed E-state index contributed by atoms with van der Waals surface area (Å²) in [6, 6.07) is 3.33. The third kappa shape index (κ3) is 5.45. The van der Waals surface area contributed by atoms with E-state index in [0.717, 1.165) is 38.8 Å². The van der Waals surface area contributed by atoms with Crippen LogP contribution < -0.4 is 10.6 Å². The van der Waals surface area contributed by atoms with Gasteiger partial charge in [-0.1, -0.05) is 0 Å². The number of aromatic nitrogens is 1. The van der Waals surface area contributed by atoms with Crippen LogP contribution in [0.15, 0.2) is 12.3 Å². The molecule has 2 saturated heterocycles. The average Bonchev–Trinajstić information content (AvgIpc) is 3.29. The monoisotopic (exact) mass is 444 g/mol. The number of piperazine rings is 2. The van der Waals surface area contributed by atoms with Crippen LogP contribution in [0.5, 0.6) is 0 Å². The van der Waals surface area contributed by atoms with Crippen molar-refractivity contribution in [1.82, 2.24) is 25.4 Å². The van der Waals surface area contributed by atoms with Crippen molar-refractivity contribution >= 4 is 24.2 Å². The number of hydrogen-bond acceptors (Lipinski definition) is 6. The molecule has 0 bridgehead atoms. The highest BCUT2D eigenvalue weighted by molar-refractivity contribution is 5.93. The number of nitrogens with one attached hydrogen (secondary N) is 3. The third-order valence-corrected chi connectivity index (χ3v) is 6.27. The topological polar surface area (TPSA) is 159 Å². The minimum Gasteiger partial charge on any atom is -0.483 e. The van der Waals surface area contributed by atoms with E-state index in [9.17, 15) is 14.4 Å². The van der Waals surface area contributed by atoms with Gasteiger partial charge in [-0.05, 0) is 31.7 Å². The van der Waals surface area contributed by atoms with Gasteiger partial charge >= 0.3 is 0 Å². The van der Waals surface area contributed by atoms with Gasteiger partial charge in [0.15, 0.2) is 0 Å². The molecule has 4 rings (SSSR count). The highest BCUT2D eigenvalue weighted by atomic mass is 16.3. The molecule has 0 radical (unpaired) electrons. The highest BCUT2D eigenvalue weighted by Crippen LogP contribution is 2.27. The molecule has 3 heterocycles. The quantitative estimate of drug-likeness (QED) is 0.458. The van der Waals surface area contributed by atoms with Crippen molar-refractivity contribution in [1.29, 1.82) is 5.26 Å². The molecule has 1 saturated carbocycles. The van der Waals surface area contributed by atoms with Gasteiger partial charge in [0, 0.05) is 50.9 Å². The van der Waals surface area contributed by atoms with E-state index >= 15 is 0 Å². The molecule has 0 aromatic carbocycles. The van der Waals surface area contributed by atoms with Crippen molar-refractivity contribution in [2.24, 2.45) is 5.92 Å². The number of hydrogen-bond donors (Lipinski definition) is 4. The molecule has 1 atom stereocenters. The van der Waals surface area contributed by atoms with Gasteiger partial charge in [-0.3, -0.25) is 24.1 Å². The van der Waals surface area contributed by atoms with Crippen LogP contribution in [-0.4, -0.2) is 88.9 Å². The van der Waals surface area contributed by atoms with Crippen molar-refractivity contribution in [3.8, 4) is 6.07 Å². The minimum atomic E-state index is -0.250. The second-order valence-electron chi connectivity index (χ2n) is 8.17. The van der Waals surface area contributed by atoms with Gasteiger partial charge in [0.1, 0.15) is 17.8 Å². The summed E-state index contributed by atoms with van der Waals surface area (Å²) in [6.07, 6.45) is 4.47. The fourth-order valence-corrected chi connectivity index (χ4v) is 4.57. The van der Waals surface area contributed by atoms with E-state index in [4.69, 9.17) is 15.2 Å². The van der Waals surface area contributed by atoms with Crippen LogP contribution in [0.2, 0.25) is 0 Å². The molecule has 1 aliphatic carbocycles. The molecule has 3 aliphatic rings. The lowest BCUT2D eigenvalue weighted by molar-refractivity contribution is -0.143. The molecule has 11 nitrogen and oxygen atoms in total. The van der Waals surface area contributed by atoms with E-state index in [0.29, 0.717) is 30.9 Å². The summed E-state index contributed by atoms with van der Waals surface area (Å²) in [5.74, 6) is -0.113. The predicted molar refractivity (Wildman–Crippen MR) is 112 cm³/mol. The number of fused-ring (bicyclic) bond motifs is 1. The molecule has 4 N–H and O–H groups in total. The van der Waals surface area contributed by atoms with Gasteiger partial charge in [-0.15, -0.1) is 0 Å². The minimum absolute atomic E-state index is 0.0176. The van der Waals surface area contributed by atoms with Crippen LogP contribution in [-0.2, 0) is 14.4 Å². The SMILES string of the molecule is N#Cc1c[nH]c(C(=O)NC2CCC(C(=O)N3CCN4CCNC(=O)C4C3)CC2)c1.O=CO. The summed E-state index contributed by atoms with van der Waals surface area (Å²) in [7, 11) is 0. The Morgan fingerprint density at radius 3 is 2.59 bits per heavy atom. The first-order valence-electron chi connectivity index (χ1n) is 10.7. The fourth-order valence-electron chi connectivity index (χ4n) is 4.57. The Labute approximate surface area is 185 Å². The summed E-state index contributed by atoms with van der Waals surface area (Å²) in [6.45, 7) is 3.16. The fraction of sp³-hybridized carbons (Fsp3) is 0.571. The lowest BCUT2D eigenvalue weighted by atomic mass is 9.84. The van der Waals surface area contributed by atoms with Crippen LogP contribution in [0.25, 0.3) is 0 Å². The number of amides is 3. The maximum Gasteiger partial charge on any atom is 0.290 e. The molecule has 32 heavy (non-hydrogen) atoms. The first kappa shape index (κ1) is 23.3. The third-order valence-electron chi connectivity index (χ3n) is 6.27.